The van der Waals surface area contributed by atoms with E-state index >= 15 is 0 Å². The molecule has 0 aliphatic carbocycles. The molecule has 28 heavy (non-hydrogen) atoms. The molecule has 6 heteroatoms. The SMILES string of the molecule is NC(=O)c1cccc(NC(=O)N2CCC([C@@H](O)CCc3ccccc3)CC2)c1. The van der Waals surface area contributed by atoms with Crippen molar-refractivity contribution in [1.29, 1.82) is 0 Å². The molecule has 1 saturated heterocycles. The number of nitrogens with one attached hydrogen (secondary N) is 1. The van der Waals surface area contributed by atoms with E-state index in [9.17, 15) is 14.7 Å². The van der Waals surface area contributed by atoms with Crippen molar-refractivity contribution in [2.24, 2.45) is 11.7 Å². The first kappa shape index (κ1) is 19.9. The maximum atomic E-state index is 12.5. The van der Waals surface area contributed by atoms with Gasteiger partial charge in [0.05, 0.1) is 6.10 Å². The molecule has 0 aromatic heterocycles. The van der Waals surface area contributed by atoms with Gasteiger partial charge in [0.1, 0.15) is 0 Å². The number of amides is 3. The molecule has 6 nitrogen and oxygen atoms in total. The number of nitrogens with two attached hydrogens (primary N) is 1. The van der Waals surface area contributed by atoms with Crippen LogP contribution in [0.15, 0.2) is 54.6 Å². The molecule has 0 radical (unpaired) electrons. The van der Waals surface area contributed by atoms with Gasteiger partial charge in [-0.05, 0) is 55.4 Å². The predicted molar refractivity (Wildman–Crippen MR) is 109 cm³/mol. The number of likely N-dealkylation sites (tertiary alicyclic amines) is 1. The minimum absolute atomic E-state index is 0.196. The quantitative estimate of drug-likeness (QED) is 0.718. The van der Waals surface area contributed by atoms with Crippen LogP contribution < -0.4 is 11.1 Å². The largest absolute Gasteiger partial charge is 0.393 e. The van der Waals surface area contributed by atoms with Crippen molar-refractivity contribution in [3.05, 3.63) is 65.7 Å². The van der Waals surface area contributed by atoms with Crippen LogP contribution in [0.4, 0.5) is 10.5 Å². The highest BCUT2D eigenvalue weighted by atomic mass is 16.3. The molecule has 1 fully saturated rings. The highest BCUT2D eigenvalue weighted by Crippen LogP contribution is 2.24. The Morgan fingerprint density at radius 2 is 1.82 bits per heavy atom. The smallest absolute Gasteiger partial charge is 0.321 e. The number of rotatable bonds is 6. The van der Waals surface area contributed by atoms with E-state index in [-0.39, 0.29) is 18.1 Å². The first-order chi connectivity index (χ1) is 13.5. The van der Waals surface area contributed by atoms with E-state index < -0.39 is 5.91 Å². The van der Waals surface area contributed by atoms with Crippen LogP contribution in [0.2, 0.25) is 0 Å². The number of urea groups is 1. The number of carbonyl (C=O) groups excluding carboxylic acids is 2. The summed E-state index contributed by atoms with van der Waals surface area (Å²) in [7, 11) is 0. The summed E-state index contributed by atoms with van der Waals surface area (Å²) in [5.74, 6) is -0.313. The number of primary amides is 1. The number of nitrogens with zero attached hydrogens (tertiary/aromatic N) is 1. The molecule has 1 aliphatic heterocycles. The van der Waals surface area contributed by atoms with E-state index in [0.29, 0.717) is 24.3 Å². The number of hydrogen-bond donors (Lipinski definition) is 3. The van der Waals surface area contributed by atoms with Crippen LogP contribution in [-0.2, 0) is 6.42 Å². The molecule has 2 aromatic rings. The molecule has 0 spiro atoms. The number of carbonyl (C=O) groups is 2. The van der Waals surface area contributed by atoms with Gasteiger partial charge < -0.3 is 21.1 Å². The zero-order valence-corrected chi connectivity index (χ0v) is 15.9. The Labute approximate surface area is 165 Å². The molecule has 3 rings (SSSR count). The third kappa shape index (κ3) is 5.33. The van der Waals surface area contributed by atoms with Gasteiger partial charge in [0.2, 0.25) is 5.91 Å². The van der Waals surface area contributed by atoms with Gasteiger partial charge >= 0.3 is 6.03 Å². The number of piperidine rings is 1. The van der Waals surface area contributed by atoms with Crippen molar-refractivity contribution in [3.63, 3.8) is 0 Å². The van der Waals surface area contributed by atoms with E-state index in [0.717, 1.165) is 25.7 Å². The predicted octanol–water partition coefficient (Wildman–Crippen LogP) is 3.02. The molecular formula is C22H27N3O3. The highest BCUT2D eigenvalue weighted by molar-refractivity contribution is 5.95. The molecule has 0 saturated carbocycles. The van der Waals surface area contributed by atoms with Crippen molar-refractivity contribution in [2.75, 3.05) is 18.4 Å². The number of aliphatic hydroxyl groups excluding tert-OH is 1. The van der Waals surface area contributed by atoms with Gasteiger partial charge in [0.15, 0.2) is 0 Å². The van der Waals surface area contributed by atoms with Gasteiger partial charge in [-0.3, -0.25) is 4.79 Å². The number of aryl methyl sites for hydroxylation is 1. The van der Waals surface area contributed by atoms with Crippen LogP contribution in [-0.4, -0.2) is 41.1 Å². The van der Waals surface area contributed by atoms with Crippen LogP contribution in [0, 0.1) is 5.92 Å². The number of aliphatic hydroxyl groups is 1. The maximum absolute atomic E-state index is 12.5. The fourth-order valence-corrected chi connectivity index (χ4v) is 3.64. The molecule has 148 valence electrons. The molecule has 1 aliphatic rings. The molecule has 0 unspecified atom stereocenters. The normalized spacial score (nSPS) is 15.8. The lowest BCUT2D eigenvalue weighted by atomic mass is 9.88. The second kappa shape index (κ2) is 9.37. The van der Waals surface area contributed by atoms with E-state index in [1.54, 1.807) is 29.2 Å². The number of benzene rings is 2. The van der Waals surface area contributed by atoms with Crippen molar-refractivity contribution < 1.29 is 14.7 Å². The van der Waals surface area contributed by atoms with E-state index in [4.69, 9.17) is 5.73 Å². The standard InChI is InChI=1S/C22H27N3O3/c23-21(27)18-7-4-8-19(15-18)24-22(28)25-13-11-17(12-14-25)20(26)10-9-16-5-2-1-3-6-16/h1-8,15,17,20,26H,9-14H2,(H2,23,27)(H,24,28)/t20-/m0/s1. The van der Waals surface area contributed by atoms with Crippen LogP contribution in [0.1, 0.15) is 35.2 Å². The third-order valence-corrected chi connectivity index (χ3v) is 5.34. The Morgan fingerprint density at radius 1 is 1.11 bits per heavy atom. The Hall–Kier alpha value is -2.86. The van der Waals surface area contributed by atoms with E-state index in [1.807, 2.05) is 18.2 Å². The summed E-state index contributed by atoms with van der Waals surface area (Å²) in [6, 6.07) is 16.6. The van der Waals surface area contributed by atoms with Gasteiger partial charge in [-0.2, -0.15) is 0 Å². The van der Waals surface area contributed by atoms with Gasteiger partial charge in [-0.25, -0.2) is 4.79 Å². The van der Waals surface area contributed by atoms with E-state index in [1.165, 1.54) is 5.56 Å². The fourth-order valence-electron chi connectivity index (χ4n) is 3.64. The van der Waals surface area contributed by atoms with Gasteiger partial charge in [-0.1, -0.05) is 36.4 Å². The maximum Gasteiger partial charge on any atom is 0.321 e. The zero-order chi connectivity index (χ0) is 19.9. The Kier molecular flexibility index (Phi) is 6.66. The highest BCUT2D eigenvalue weighted by Gasteiger charge is 2.27. The topological polar surface area (TPSA) is 95.7 Å². The molecule has 3 amide bonds. The van der Waals surface area contributed by atoms with Crippen molar-refractivity contribution in [2.45, 2.75) is 31.8 Å². The minimum atomic E-state index is -0.526. The van der Waals surface area contributed by atoms with Crippen molar-refractivity contribution in [1.82, 2.24) is 4.90 Å². The van der Waals surface area contributed by atoms with Gasteiger partial charge in [-0.15, -0.1) is 0 Å². The lowest BCUT2D eigenvalue weighted by molar-refractivity contribution is 0.0626. The molecule has 1 atom stereocenters. The van der Waals surface area contributed by atoms with Gasteiger partial charge in [0, 0.05) is 24.3 Å². The molecule has 0 bridgehead atoms. The van der Waals surface area contributed by atoms with Crippen molar-refractivity contribution in [3.8, 4) is 0 Å². The summed E-state index contributed by atoms with van der Waals surface area (Å²) in [6.45, 7) is 1.21. The lowest BCUT2D eigenvalue weighted by Gasteiger charge is -2.34. The summed E-state index contributed by atoms with van der Waals surface area (Å²) in [5, 5.41) is 13.3. The number of hydrogen-bond acceptors (Lipinski definition) is 3. The van der Waals surface area contributed by atoms with Crippen molar-refractivity contribution >= 4 is 17.6 Å². The van der Waals surface area contributed by atoms with Gasteiger partial charge in [0.25, 0.3) is 0 Å². The first-order valence-corrected chi connectivity index (χ1v) is 9.70. The van der Waals surface area contributed by atoms with E-state index in [2.05, 4.69) is 17.4 Å². The summed E-state index contributed by atoms with van der Waals surface area (Å²) in [5.41, 5.74) is 7.42. The van der Waals surface area contributed by atoms with Crippen LogP contribution >= 0.6 is 0 Å². The molecule has 4 N–H and O–H groups in total. The summed E-state index contributed by atoms with van der Waals surface area (Å²) >= 11 is 0. The van der Waals surface area contributed by atoms with Crippen LogP contribution in [0.3, 0.4) is 0 Å². The average Bonchev–Trinajstić information content (AvgIpc) is 2.73. The Morgan fingerprint density at radius 3 is 2.50 bits per heavy atom. The van der Waals surface area contributed by atoms with Crippen LogP contribution in [0.5, 0.6) is 0 Å². The molecule has 2 aromatic carbocycles. The monoisotopic (exact) mass is 381 g/mol. The second-order valence-electron chi connectivity index (χ2n) is 7.29. The second-order valence-corrected chi connectivity index (χ2v) is 7.29. The molecule has 1 heterocycles. The molecular weight excluding hydrogens is 354 g/mol. The summed E-state index contributed by atoms with van der Waals surface area (Å²) in [4.78, 5) is 25.5. The summed E-state index contributed by atoms with van der Waals surface area (Å²) < 4.78 is 0. The first-order valence-electron chi connectivity index (χ1n) is 9.70. The number of anilines is 1. The lowest BCUT2D eigenvalue weighted by Crippen LogP contribution is -2.43. The fraction of sp³-hybridized carbons (Fsp3) is 0.364. The Balaban J connectivity index is 1.46. The minimum Gasteiger partial charge on any atom is -0.393 e. The average molecular weight is 381 g/mol. The summed E-state index contributed by atoms with van der Waals surface area (Å²) in [6.07, 6.45) is 2.81. The Bertz CT molecular complexity index is 802. The van der Waals surface area contributed by atoms with Crippen LogP contribution in [0.25, 0.3) is 0 Å². The zero-order valence-electron chi connectivity index (χ0n) is 15.9. The third-order valence-electron chi connectivity index (χ3n) is 5.34.